The molecular formula is C14H20N2O3S2. The van der Waals surface area contributed by atoms with Gasteiger partial charge in [-0.05, 0) is 37.4 Å². The second-order valence-electron chi connectivity index (χ2n) is 4.76. The predicted molar refractivity (Wildman–Crippen MR) is 83.9 cm³/mol. The minimum absolute atomic E-state index is 0.213. The molecule has 0 aliphatic carbocycles. The summed E-state index contributed by atoms with van der Waals surface area (Å²) in [5.74, 6) is 1.04. The molecule has 21 heavy (non-hydrogen) atoms. The van der Waals surface area contributed by atoms with Crippen LogP contribution < -0.4 is 10.0 Å². The van der Waals surface area contributed by atoms with E-state index in [1.807, 2.05) is 25.3 Å². The molecule has 7 heteroatoms. The Hall–Kier alpha value is -1.15. The summed E-state index contributed by atoms with van der Waals surface area (Å²) in [6, 6.07) is 3.56. The first-order valence-electron chi connectivity index (χ1n) is 6.76. The lowest BCUT2D eigenvalue weighted by Crippen LogP contribution is -2.23. The molecule has 0 unspecified atom stereocenters. The largest absolute Gasteiger partial charge is 0.464 e. The Morgan fingerprint density at radius 3 is 2.67 bits per heavy atom. The van der Waals surface area contributed by atoms with Crippen LogP contribution >= 0.6 is 11.3 Å². The van der Waals surface area contributed by atoms with Crippen molar-refractivity contribution in [2.24, 2.45) is 0 Å². The van der Waals surface area contributed by atoms with Crippen LogP contribution in [-0.2, 0) is 23.1 Å². The molecule has 0 bridgehead atoms. The molecule has 2 aromatic heterocycles. The number of thiophene rings is 1. The zero-order chi connectivity index (χ0) is 15.5. The summed E-state index contributed by atoms with van der Waals surface area (Å²) in [5, 5.41) is 5.07. The van der Waals surface area contributed by atoms with Gasteiger partial charge in [0.1, 0.15) is 16.4 Å². The van der Waals surface area contributed by atoms with Gasteiger partial charge < -0.3 is 9.73 Å². The number of hydrogen-bond acceptors (Lipinski definition) is 5. The second kappa shape index (κ2) is 6.74. The number of furan rings is 1. The normalized spacial score (nSPS) is 12.0. The zero-order valence-electron chi connectivity index (χ0n) is 12.4. The van der Waals surface area contributed by atoms with E-state index in [0.29, 0.717) is 24.6 Å². The molecule has 0 aliphatic heterocycles. The van der Waals surface area contributed by atoms with Gasteiger partial charge in [-0.25, -0.2) is 13.1 Å². The quantitative estimate of drug-likeness (QED) is 0.819. The maximum Gasteiger partial charge on any atom is 0.244 e. The smallest absolute Gasteiger partial charge is 0.244 e. The molecule has 0 amide bonds. The molecule has 0 aliphatic rings. The van der Waals surface area contributed by atoms with Crippen molar-refractivity contribution in [1.82, 2.24) is 10.0 Å². The average molecular weight is 328 g/mol. The lowest BCUT2D eigenvalue weighted by molar-refractivity contribution is 0.460. The van der Waals surface area contributed by atoms with Crippen LogP contribution in [0, 0.1) is 13.8 Å². The summed E-state index contributed by atoms with van der Waals surface area (Å²) in [5.41, 5.74) is 1.10. The van der Waals surface area contributed by atoms with Crippen molar-refractivity contribution in [2.45, 2.75) is 38.8 Å². The first kappa shape index (κ1) is 16.2. The highest BCUT2D eigenvalue weighted by Crippen LogP contribution is 2.21. The molecule has 0 saturated carbocycles. The Labute approximate surface area is 129 Å². The van der Waals surface area contributed by atoms with Crippen LogP contribution in [0.25, 0.3) is 0 Å². The Balaban J connectivity index is 2.12. The summed E-state index contributed by atoms with van der Waals surface area (Å²) in [4.78, 5) is 1.23. The topological polar surface area (TPSA) is 71.3 Å². The summed E-state index contributed by atoms with van der Waals surface area (Å²) < 4.78 is 32.8. The van der Waals surface area contributed by atoms with Crippen LogP contribution in [0.3, 0.4) is 0 Å². The third-order valence-electron chi connectivity index (χ3n) is 3.15. The molecule has 0 saturated heterocycles. The van der Waals surface area contributed by atoms with Crippen molar-refractivity contribution in [3.8, 4) is 0 Å². The summed E-state index contributed by atoms with van der Waals surface area (Å²) in [7, 11) is -3.55. The highest BCUT2D eigenvalue weighted by atomic mass is 32.2. The van der Waals surface area contributed by atoms with Gasteiger partial charge in [-0.15, -0.1) is 11.3 Å². The number of rotatable bonds is 7. The molecule has 2 N–H and O–H groups in total. The van der Waals surface area contributed by atoms with Crippen LogP contribution in [0.1, 0.15) is 28.9 Å². The molecule has 0 aromatic carbocycles. The van der Waals surface area contributed by atoms with E-state index in [0.717, 1.165) is 17.0 Å². The van der Waals surface area contributed by atoms with Gasteiger partial charge in [-0.3, -0.25) is 0 Å². The Kier molecular flexibility index (Phi) is 5.21. The SMILES string of the molecule is CCNCc1cc(S(=O)(=O)NCc2sccc2C)c(C)o1. The fourth-order valence-corrected chi connectivity index (χ4v) is 4.08. The van der Waals surface area contributed by atoms with E-state index in [2.05, 4.69) is 10.0 Å². The van der Waals surface area contributed by atoms with Crippen LogP contribution in [-0.4, -0.2) is 15.0 Å². The van der Waals surface area contributed by atoms with Gasteiger partial charge in [0, 0.05) is 17.5 Å². The van der Waals surface area contributed by atoms with Crippen molar-refractivity contribution in [2.75, 3.05) is 6.54 Å². The van der Waals surface area contributed by atoms with Gasteiger partial charge >= 0.3 is 0 Å². The molecule has 0 fully saturated rings. The minimum Gasteiger partial charge on any atom is -0.464 e. The van der Waals surface area contributed by atoms with E-state index in [4.69, 9.17) is 4.42 Å². The number of hydrogen-bond donors (Lipinski definition) is 2. The van der Waals surface area contributed by atoms with E-state index in [9.17, 15) is 8.42 Å². The summed E-state index contributed by atoms with van der Waals surface area (Å²) in [6.07, 6.45) is 0. The highest BCUT2D eigenvalue weighted by Gasteiger charge is 2.21. The van der Waals surface area contributed by atoms with Gasteiger partial charge in [0.25, 0.3) is 0 Å². The standard InChI is InChI=1S/C14H20N2O3S2/c1-4-15-8-12-7-14(11(3)19-12)21(17,18)16-9-13-10(2)5-6-20-13/h5-7,15-16H,4,8-9H2,1-3H3. The van der Waals surface area contributed by atoms with Crippen LogP contribution in [0.5, 0.6) is 0 Å². The number of aryl methyl sites for hydroxylation is 2. The maximum atomic E-state index is 12.4. The molecule has 116 valence electrons. The molecule has 2 aromatic rings. The van der Waals surface area contributed by atoms with Crippen LogP contribution in [0.4, 0.5) is 0 Å². The molecule has 0 spiro atoms. The fourth-order valence-electron chi connectivity index (χ4n) is 1.95. The molecule has 5 nitrogen and oxygen atoms in total. The lowest BCUT2D eigenvalue weighted by Gasteiger charge is -2.05. The van der Waals surface area contributed by atoms with E-state index in [1.54, 1.807) is 24.3 Å². The van der Waals surface area contributed by atoms with Gasteiger partial charge in [0.15, 0.2) is 0 Å². The zero-order valence-corrected chi connectivity index (χ0v) is 14.0. The van der Waals surface area contributed by atoms with Gasteiger partial charge in [-0.1, -0.05) is 6.92 Å². The van der Waals surface area contributed by atoms with E-state index in [-0.39, 0.29) is 4.90 Å². The Morgan fingerprint density at radius 2 is 2.05 bits per heavy atom. The van der Waals surface area contributed by atoms with E-state index < -0.39 is 10.0 Å². The molecule has 0 radical (unpaired) electrons. The van der Waals surface area contributed by atoms with Crippen LogP contribution in [0.15, 0.2) is 26.8 Å². The highest BCUT2D eigenvalue weighted by molar-refractivity contribution is 7.89. The third kappa shape index (κ3) is 3.94. The average Bonchev–Trinajstić information content (AvgIpc) is 3.00. The number of sulfonamides is 1. The van der Waals surface area contributed by atoms with Crippen LogP contribution in [0.2, 0.25) is 0 Å². The lowest BCUT2D eigenvalue weighted by atomic mass is 10.3. The summed E-state index contributed by atoms with van der Waals surface area (Å²) in [6.45, 7) is 7.25. The summed E-state index contributed by atoms with van der Waals surface area (Å²) >= 11 is 1.55. The molecule has 2 rings (SSSR count). The van der Waals surface area contributed by atoms with Gasteiger partial charge in [0.05, 0.1) is 6.54 Å². The van der Waals surface area contributed by atoms with Crippen molar-refractivity contribution < 1.29 is 12.8 Å². The van der Waals surface area contributed by atoms with Gasteiger partial charge in [-0.2, -0.15) is 0 Å². The maximum absolute atomic E-state index is 12.4. The fraction of sp³-hybridized carbons (Fsp3) is 0.429. The Bertz CT molecular complexity index is 702. The first-order valence-corrected chi connectivity index (χ1v) is 9.13. The minimum atomic E-state index is -3.55. The number of nitrogens with one attached hydrogen (secondary N) is 2. The van der Waals surface area contributed by atoms with Crippen molar-refractivity contribution in [3.63, 3.8) is 0 Å². The monoisotopic (exact) mass is 328 g/mol. The molecule has 2 heterocycles. The van der Waals surface area contributed by atoms with Crippen molar-refractivity contribution in [3.05, 3.63) is 39.5 Å². The van der Waals surface area contributed by atoms with E-state index >= 15 is 0 Å². The van der Waals surface area contributed by atoms with Gasteiger partial charge in [0.2, 0.25) is 10.0 Å². The predicted octanol–water partition coefficient (Wildman–Crippen LogP) is 2.55. The Morgan fingerprint density at radius 1 is 1.29 bits per heavy atom. The van der Waals surface area contributed by atoms with Crippen molar-refractivity contribution in [1.29, 1.82) is 0 Å². The molecular weight excluding hydrogens is 308 g/mol. The third-order valence-corrected chi connectivity index (χ3v) is 5.68. The second-order valence-corrected chi connectivity index (χ2v) is 7.50. The van der Waals surface area contributed by atoms with E-state index in [1.165, 1.54) is 0 Å². The van der Waals surface area contributed by atoms with Crippen molar-refractivity contribution >= 4 is 21.4 Å². The first-order chi connectivity index (χ1) is 9.94. The molecule has 0 atom stereocenters.